The van der Waals surface area contributed by atoms with E-state index in [9.17, 15) is 9.59 Å². The van der Waals surface area contributed by atoms with Crippen molar-refractivity contribution >= 4 is 11.9 Å². The molecule has 0 fully saturated rings. The van der Waals surface area contributed by atoms with E-state index in [1.807, 2.05) is 42.5 Å². The summed E-state index contributed by atoms with van der Waals surface area (Å²) in [7, 11) is 1.49. The maximum atomic E-state index is 12.7. The monoisotopic (exact) mass is 337 g/mol. The van der Waals surface area contributed by atoms with Crippen LogP contribution in [0.3, 0.4) is 0 Å². The van der Waals surface area contributed by atoms with Crippen LogP contribution >= 0.6 is 0 Å². The van der Waals surface area contributed by atoms with Crippen LogP contribution in [0.1, 0.15) is 41.6 Å². The van der Waals surface area contributed by atoms with Gasteiger partial charge in [-0.3, -0.25) is 15.4 Å². The average Bonchev–Trinajstić information content (AvgIpc) is 2.66. The van der Waals surface area contributed by atoms with Crippen LogP contribution in [0, 0.1) is 0 Å². The van der Waals surface area contributed by atoms with Crippen molar-refractivity contribution in [2.75, 3.05) is 7.05 Å². The third-order valence-electron chi connectivity index (χ3n) is 4.60. The number of hydrogen-bond donors (Lipinski definition) is 3. The number of rotatable bonds is 4. The molecule has 130 valence electrons. The van der Waals surface area contributed by atoms with Crippen LogP contribution in [-0.4, -0.2) is 19.0 Å². The largest absolute Gasteiger partial charge is 0.341 e. The summed E-state index contributed by atoms with van der Waals surface area (Å²) in [5.74, 6) is -0.353. The highest BCUT2D eigenvalue weighted by atomic mass is 16.2. The first-order valence-corrected chi connectivity index (χ1v) is 8.60. The number of amides is 3. The summed E-state index contributed by atoms with van der Waals surface area (Å²) in [6.45, 7) is 0. The predicted octanol–water partition coefficient (Wildman–Crippen LogP) is 2.85. The van der Waals surface area contributed by atoms with Gasteiger partial charge >= 0.3 is 6.03 Å². The molecule has 3 N–H and O–H groups in total. The van der Waals surface area contributed by atoms with Gasteiger partial charge in [0, 0.05) is 13.1 Å². The number of hydrogen-bond acceptors (Lipinski definition) is 3. The lowest BCUT2D eigenvalue weighted by Crippen LogP contribution is -2.45. The van der Waals surface area contributed by atoms with E-state index in [1.54, 1.807) is 0 Å². The van der Waals surface area contributed by atoms with Crippen LogP contribution in [0.25, 0.3) is 0 Å². The first kappa shape index (κ1) is 17.2. The van der Waals surface area contributed by atoms with E-state index in [4.69, 9.17) is 0 Å². The molecule has 3 amide bonds. The molecule has 0 unspecified atom stereocenters. The maximum absolute atomic E-state index is 12.7. The number of benzene rings is 2. The Kier molecular flexibility index (Phi) is 5.46. The minimum Gasteiger partial charge on any atom is -0.341 e. The van der Waals surface area contributed by atoms with Crippen molar-refractivity contribution in [2.24, 2.45) is 0 Å². The zero-order valence-electron chi connectivity index (χ0n) is 14.3. The molecule has 2 aromatic carbocycles. The summed E-state index contributed by atoms with van der Waals surface area (Å²) in [6, 6.07) is 16.8. The number of carbonyl (C=O) groups excluding carboxylic acids is 2. The molecule has 2 atom stereocenters. The molecule has 25 heavy (non-hydrogen) atoms. The molecular weight excluding hydrogens is 314 g/mol. The first-order valence-electron chi connectivity index (χ1n) is 8.60. The SMILES string of the molecule is CNC(=O)NC(=O)[C@H](N[C@H]1CCCc2ccccc21)c1ccccc1. The van der Waals surface area contributed by atoms with Crippen molar-refractivity contribution in [1.82, 2.24) is 16.0 Å². The Labute approximate surface area is 147 Å². The number of aryl methyl sites for hydroxylation is 1. The highest BCUT2D eigenvalue weighted by molar-refractivity contribution is 5.97. The van der Waals surface area contributed by atoms with E-state index < -0.39 is 12.1 Å². The summed E-state index contributed by atoms with van der Waals surface area (Å²) in [5, 5.41) is 8.28. The second kappa shape index (κ2) is 7.94. The molecule has 5 nitrogen and oxygen atoms in total. The van der Waals surface area contributed by atoms with Crippen LogP contribution in [0.4, 0.5) is 4.79 Å². The summed E-state index contributed by atoms with van der Waals surface area (Å²) in [6.07, 6.45) is 3.11. The average molecular weight is 337 g/mol. The number of imide groups is 1. The Balaban J connectivity index is 1.86. The zero-order valence-corrected chi connectivity index (χ0v) is 14.3. The topological polar surface area (TPSA) is 70.2 Å². The fourth-order valence-electron chi connectivity index (χ4n) is 3.34. The van der Waals surface area contributed by atoms with Gasteiger partial charge in [0.1, 0.15) is 6.04 Å². The predicted molar refractivity (Wildman–Crippen MR) is 97.0 cm³/mol. The van der Waals surface area contributed by atoms with Crippen LogP contribution in [0.15, 0.2) is 54.6 Å². The number of fused-ring (bicyclic) bond motifs is 1. The summed E-state index contributed by atoms with van der Waals surface area (Å²) in [4.78, 5) is 24.2. The summed E-state index contributed by atoms with van der Waals surface area (Å²) >= 11 is 0. The zero-order chi connectivity index (χ0) is 17.6. The third kappa shape index (κ3) is 4.06. The quantitative estimate of drug-likeness (QED) is 0.803. The summed E-state index contributed by atoms with van der Waals surface area (Å²) < 4.78 is 0. The van der Waals surface area contributed by atoms with Gasteiger partial charge in [0.05, 0.1) is 0 Å². The molecule has 0 heterocycles. The minimum atomic E-state index is -0.588. The Morgan fingerprint density at radius 1 is 1.04 bits per heavy atom. The van der Waals surface area contributed by atoms with Crippen LogP contribution in [0.2, 0.25) is 0 Å². The van der Waals surface area contributed by atoms with Gasteiger partial charge in [0.15, 0.2) is 0 Å². The fraction of sp³-hybridized carbons (Fsp3) is 0.300. The van der Waals surface area contributed by atoms with Gasteiger partial charge < -0.3 is 5.32 Å². The molecule has 0 spiro atoms. The Hall–Kier alpha value is -2.66. The molecule has 0 saturated carbocycles. The van der Waals surface area contributed by atoms with E-state index in [-0.39, 0.29) is 11.9 Å². The molecule has 3 rings (SSSR count). The third-order valence-corrected chi connectivity index (χ3v) is 4.60. The second-order valence-corrected chi connectivity index (χ2v) is 6.22. The Morgan fingerprint density at radius 2 is 1.76 bits per heavy atom. The lowest BCUT2D eigenvalue weighted by Gasteiger charge is -2.30. The van der Waals surface area contributed by atoms with Crippen LogP contribution in [0.5, 0.6) is 0 Å². The van der Waals surface area contributed by atoms with Crippen molar-refractivity contribution < 1.29 is 9.59 Å². The molecular formula is C20H23N3O2. The van der Waals surface area contributed by atoms with Gasteiger partial charge in [-0.25, -0.2) is 4.79 Å². The van der Waals surface area contributed by atoms with Crippen molar-refractivity contribution in [3.8, 4) is 0 Å². The highest BCUT2D eigenvalue weighted by Gasteiger charge is 2.28. The highest BCUT2D eigenvalue weighted by Crippen LogP contribution is 2.31. The second-order valence-electron chi connectivity index (χ2n) is 6.22. The molecule has 0 radical (unpaired) electrons. The van der Waals surface area contributed by atoms with E-state index in [0.29, 0.717) is 0 Å². The van der Waals surface area contributed by atoms with E-state index in [0.717, 1.165) is 24.8 Å². The normalized spacial score (nSPS) is 17.2. The number of nitrogens with one attached hydrogen (secondary N) is 3. The van der Waals surface area contributed by atoms with Gasteiger partial charge in [-0.15, -0.1) is 0 Å². The Bertz CT molecular complexity index is 746. The van der Waals surface area contributed by atoms with Gasteiger partial charge in [0.25, 0.3) is 0 Å². The van der Waals surface area contributed by atoms with E-state index in [1.165, 1.54) is 18.2 Å². The lowest BCUT2D eigenvalue weighted by molar-refractivity contribution is -0.122. The molecule has 2 aromatic rings. The molecule has 0 aliphatic heterocycles. The molecule has 0 saturated heterocycles. The molecule has 0 aromatic heterocycles. The first-order chi connectivity index (χ1) is 12.2. The van der Waals surface area contributed by atoms with Gasteiger partial charge in [-0.2, -0.15) is 0 Å². The van der Waals surface area contributed by atoms with Crippen LogP contribution < -0.4 is 16.0 Å². The number of urea groups is 1. The van der Waals surface area contributed by atoms with Gasteiger partial charge in [0.2, 0.25) is 5.91 Å². The standard InChI is InChI=1S/C20H23N3O2/c1-21-20(25)23-19(24)18(15-9-3-2-4-10-15)22-17-13-7-11-14-8-5-6-12-16(14)17/h2-6,8-10,12,17-18,22H,7,11,13H2,1H3,(H2,21,23,24,25)/t17-,18+/m0/s1. The van der Waals surface area contributed by atoms with Gasteiger partial charge in [-0.1, -0.05) is 54.6 Å². The summed E-state index contributed by atoms with van der Waals surface area (Å²) in [5.41, 5.74) is 3.40. The smallest absolute Gasteiger partial charge is 0.321 e. The van der Waals surface area contributed by atoms with Crippen molar-refractivity contribution in [1.29, 1.82) is 0 Å². The molecule has 0 bridgehead atoms. The fourth-order valence-corrected chi connectivity index (χ4v) is 3.34. The molecule has 5 heteroatoms. The lowest BCUT2D eigenvalue weighted by atomic mass is 9.87. The maximum Gasteiger partial charge on any atom is 0.321 e. The van der Waals surface area contributed by atoms with Crippen molar-refractivity contribution in [3.05, 3.63) is 71.3 Å². The van der Waals surface area contributed by atoms with Crippen LogP contribution in [-0.2, 0) is 11.2 Å². The number of carbonyl (C=O) groups is 2. The Morgan fingerprint density at radius 3 is 2.52 bits per heavy atom. The van der Waals surface area contributed by atoms with E-state index >= 15 is 0 Å². The van der Waals surface area contributed by atoms with E-state index in [2.05, 4.69) is 28.1 Å². The van der Waals surface area contributed by atoms with Crippen molar-refractivity contribution in [3.63, 3.8) is 0 Å². The minimum absolute atomic E-state index is 0.0885. The molecule has 1 aliphatic carbocycles. The van der Waals surface area contributed by atoms with Crippen molar-refractivity contribution in [2.45, 2.75) is 31.3 Å². The van der Waals surface area contributed by atoms with Gasteiger partial charge in [-0.05, 0) is 36.0 Å². The molecule has 1 aliphatic rings.